The van der Waals surface area contributed by atoms with Crippen LogP contribution in [0, 0.1) is 0 Å². The molecule has 1 N–H and O–H groups in total. The van der Waals surface area contributed by atoms with Crippen molar-refractivity contribution in [2.45, 2.75) is 19.4 Å². The molecule has 0 saturated carbocycles. The second-order valence-electron chi connectivity index (χ2n) is 3.62. The topological polar surface area (TPSA) is 24.9 Å². The largest absolute Gasteiger partial charge is 0.375 e. The third kappa shape index (κ3) is 1.20. The Morgan fingerprint density at radius 1 is 1.42 bits per heavy atom. The highest BCUT2D eigenvalue weighted by Gasteiger charge is 2.18. The van der Waals surface area contributed by atoms with Crippen molar-refractivity contribution in [1.82, 2.24) is 4.98 Å². The summed E-state index contributed by atoms with van der Waals surface area (Å²) in [6.07, 6.45) is 6.00. The maximum absolute atomic E-state index is 4.24. The monoisotopic (exact) mass is 160 g/mol. The molecule has 62 valence electrons. The lowest BCUT2D eigenvalue weighted by molar-refractivity contribution is 0.709. The van der Waals surface area contributed by atoms with Crippen molar-refractivity contribution in [2.24, 2.45) is 0 Å². The summed E-state index contributed by atoms with van der Waals surface area (Å²) in [4.78, 5) is 4.24. The van der Waals surface area contributed by atoms with Gasteiger partial charge in [0.05, 0.1) is 16.9 Å². The van der Waals surface area contributed by atoms with Crippen LogP contribution in [-0.4, -0.2) is 10.5 Å². The Morgan fingerprint density at radius 3 is 3.08 bits per heavy atom. The minimum Gasteiger partial charge on any atom is -0.375 e. The van der Waals surface area contributed by atoms with Crippen LogP contribution in [0.25, 0.3) is 6.08 Å². The number of nitrogens with one attached hydrogen (secondary N) is 1. The maximum atomic E-state index is 4.24. The molecule has 1 aliphatic heterocycles. The molecule has 1 aliphatic rings. The second kappa shape index (κ2) is 2.34. The highest BCUT2D eigenvalue weighted by molar-refractivity contribution is 5.68. The lowest BCUT2D eigenvalue weighted by Crippen LogP contribution is -2.30. The first-order chi connectivity index (χ1) is 5.67. The van der Waals surface area contributed by atoms with Gasteiger partial charge in [0.1, 0.15) is 0 Å². The van der Waals surface area contributed by atoms with Crippen LogP contribution in [0.2, 0.25) is 0 Å². The van der Waals surface area contributed by atoms with Gasteiger partial charge in [0.2, 0.25) is 0 Å². The first-order valence-electron chi connectivity index (χ1n) is 4.10. The molecule has 0 bridgehead atoms. The third-order valence-corrected chi connectivity index (χ3v) is 1.95. The summed E-state index contributed by atoms with van der Waals surface area (Å²) in [5, 5.41) is 3.39. The first kappa shape index (κ1) is 7.35. The van der Waals surface area contributed by atoms with Crippen LogP contribution in [0.4, 0.5) is 5.69 Å². The minimum atomic E-state index is 0.0516. The summed E-state index contributed by atoms with van der Waals surface area (Å²) >= 11 is 0. The molecule has 2 heteroatoms. The summed E-state index contributed by atoms with van der Waals surface area (Å²) in [6.45, 7) is 4.28. The SMILES string of the molecule is CC1(C)C=Cc2ncccc2N1. The molecule has 1 aromatic heterocycles. The molecule has 0 aromatic carbocycles. The van der Waals surface area contributed by atoms with Crippen LogP contribution in [0.5, 0.6) is 0 Å². The van der Waals surface area contributed by atoms with Crippen molar-refractivity contribution in [1.29, 1.82) is 0 Å². The van der Waals surface area contributed by atoms with E-state index in [-0.39, 0.29) is 5.54 Å². The molecule has 0 unspecified atom stereocenters. The van der Waals surface area contributed by atoms with Gasteiger partial charge in [-0.3, -0.25) is 4.98 Å². The van der Waals surface area contributed by atoms with Gasteiger partial charge in [-0.15, -0.1) is 0 Å². The van der Waals surface area contributed by atoms with Crippen molar-refractivity contribution in [3.05, 3.63) is 30.1 Å². The number of fused-ring (bicyclic) bond motifs is 1. The van der Waals surface area contributed by atoms with E-state index in [1.165, 1.54) is 0 Å². The van der Waals surface area contributed by atoms with Gasteiger partial charge in [-0.05, 0) is 32.1 Å². The molecule has 2 nitrogen and oxygen atoms in total. The van der Waals surface area contributed by atoms with Gasteiger partial charge >= 0.3 is 0 Å². The van der Waals surface area contributed by atoms with Crippen molar-refractivity contribution < 1.29 is 0 Å². The number of aromatic nitrogens is 1. The summed E-state index contributed by atoms with van der Waals surface area (Å²) in [6, 6.07) is 3.99. The fraction of sp³-hybridized carbons (Fsp3) is 0.300. The molecule has 0 atom stereocenters. The number of anilines is 1. The average Bonchev–Trinajstić information content (AvgIpc) is 2.02. The van der Waals surface area contributed by atoms with Crippen LogP contribution in [-0.2, 0) is 0 Å². The van der Waals surface area contributed by atoms with E-state index < -0.39 is 0 Å². The Morgan fingerprint density at radius 2 is 2.25 bits per heavy atom. The van der Waals surface area contributed by atoms with Crippen LogP contribution in [0.1, 0.15) is 19.5 Å². The Kier molecular flexibility index (Phi) is 1.43. The van der Waals surface area contributed by atoms with Crippen LogP contribution in [0.3, 0.4) is 0 Å². The Bertz CT molecular complexity index is 326. The number of pyridine rings is 1. The van der Waals surface area contributed by atoms with E-state index in [0.29, 0.717) is 0 Å². The van der Waals surface area contributed by atoms with Gasteiger partial charge in [0.25, 0.3) is 0 Å². The standard InChI is InChI=1S/C10H12N2/c1-10(2)6-5-8-9(12-10)4-3-7-11-8/h3-7,12H,1-2H3. The van der Waals surface area contributed by atoms with E-state index in [1.807, 2.05) is 18.3 Å². The van der Waals surface area contributed by atoms with E-state index in [4.69, 9.17) is 0 Å². The van der Waals surface area contributed by atoms with Crippen molar-refractivity contribution in [3.8, 4) is 0 Å². The summed E-state index contributed by atoms with van der Waals surface area (Å²) < 4.78 is 0. The maximum Gasteiger partial charge on any atom is 0.0858 e. The quantitative estimate of drug-likeness (QED) is 0.630. The summed E-state index contributed by atoms with van der Waals surface area (Å²) in [7, 11) is 0. The van der Waals surface area contributed by atoms with Gasteiger partial charge in [-0.1, -0.05) is 6.08 Å². The number of hydrogen-bond acceptors (Lipinski definition) is 2. The molecule has 0 aliphatic carbocycles. The van der Waals surface area contributed by atoms with E-state index in [2.05, 4.69) is 36.3 Å². The minimum absolute atomic E-state index is 0.0516. The van der Waals surface area contributed by atoms with E-state index in [1.54, 1.807) is 0 Å². The summed E-state index contributed by atoms with van der Waals surface area (Å²) in [5.41, 5.74) is 2.19. The molecule has 12 heavy (non-hydrogen) atoms. The number of hydrogen-bond donors (Lipinski definition) is 1. The molecular formula is C10H12N2. The Balaban J connectivity index is 2.46. The zero-order valence-electron chi connectivity index (χ0n) is 7.33. The lowest BCUT2D eigenvalue weighted by Gasteiger charge is -2.27. The van der Waals surface area contributed by atoms with Crippen LogP contribution < -0.4 is 5.32 Å². The third-order valence-electron chi connectivity index (χ3n) is 1.95. The zero-order valence-corrected chi connectivity index (χ0v) is 7.33. The highest BCUT2D eigenvalue weighted by Crippen LogP contribution is 2.25. The van der Waals surface area contributed by atoms with Gasteiger partial charge in [-0.2, -0.15) is 0 Å². The zero-order chi connectivity index (χ0) is 8.60. The predicted octanol–water partition coefficient (Wildman–Crippen LogP) is 2.30. The molecule has 0 radical (unpaired) electrons. The molecule has 2 rings (SSSR count). The Hall–Kier alpha value is -1.31. The molecular weight excluding hydrogens is 148 g/mol. The predicted molar refractivity (Wildman–Crippen MR) is 51.0 cm³/mol. The van der Waals surface area contributed by atoms with E-state index in [9.17, 15) is 0 Å². The van der Waals surface area contributed by atoms with Crippen molar-refractivity contribution >= 4 is 11.8 Å². The molecule has 2 heterocycles. The van der Waals surface area contributed by atoms with E-state index in [0.717, 1.165) is 11.4 Å². The van der Waals surface area contributed by atoms with Gasteiger partial charge in [-0.25, -0.2) is 0 Å². The first-order valence-corrected chi connectivity index (χ1v) is 4.10. The molecule has 0 spiro atoms. The van der Waals surface area contributed by atoms with Crippen LogP contribution in [0.15, 0.2) is 24.4 Å². The van der Waals surface area contributed by atoms with Crippen molar-refractivity contribution in [2.75, 3.05) is 5.32 Å². The fourth-order valence-electron chi connectivity index (χ4n) is 1.33. The molecule has 1 aromatic rings. The average molecular weight is 160 g/mol. The lowest BCUT2D eigenvalue weighted by atomic mass is 10.00. The fourth-order valence-corrected chi connectivity index (χ4v) is 1.33. The van der Waals surface area contributed by atoms with Crippen molar-refractivity contribution in [3.63, 3.8) is 0 Å². The van der Waals surface area contributed by atoms with Gasteiger partial charge < -0.3 is 5.32 Å². The smallest absolute Gasteiger partial charge is 0.0858 e. The number of nitrogens with zero attached hydrogens (tertiary/aromatic N) is 1. The molecule has 0 saturated heterocycles. The summed E-state index contributed by atoms with van der Waals surface area (Å²) in [5.74, 6) is 0. The normalized spacial score (nSPS) is 18.2. The van der Waals surface area contributed by atoms with Gasteiger partial charge in [0.15, 0.2) is 0 Å². The highest BCUT2D eigenvalue weighted by atomic mass is 15.0. The molecule has 0 amide bonds. The Labute approximate surface area is 72.3 Å². The van der Waals surface area contributed by atoms with Gasteiger partial charge in [0, 0.05) is 6.20 Å². The van der Waals surface area contributed by atoms with Crippen LogP contribution >= 0.6 is 0 Å². The van der Waals surface area contributed by atoms with E-state index >= 15 is 0 Å². The number of rotatable bonds is 0. The molecule has 0 fully saturated rings. The second-order valence-corrected chi connectivity index (χ2v) is 3.62.